The standard InChI is InChI=1S/C19H16ClNO4S/c1-21(11-15-3-2-10-24-15)18(22)12-25-19(23)17-9-8-16(26-17)13-4-6-14(20)7-5-13/h2-10H,11-12H2,1H3. The van der Waals surface area contributed by atoms with Gasteiger partial charge in [-0.1, -0.05) is 23.7 Å². The van der Waals surface area contributed by atoms with Crippen LogP contribution in [0.1, 0.15) is 15.4 Å². The van der Waals surface area contributed by atoms with Gasteiger partial charge in [-0.2, -0.15) is 0 Å². The Bertz CT molecular complexity index is 887. The molecule has 0 fully saturated rings. The van der Waals surface area contributed by atoms with Crippen LogP contribution in [0.2, 0.25) is 5.02 Å². The van der Waals surface area contributed by atoms with Crippen LogP contribution in [-0.2, 0) is 16.1 Å². The van der Waals surface area contributed by atoms with Gasteiger partial charge in [-0.3, -0.25) is 4.79 Å². The molecule has 0 saturated carbocycles. The zero-order valence-electron chi connectivity index (χ0n) is 14.0. The number of hydrogen-bond acceptors (Lipinski definition) is 5. The average molecular weight is 390 g/mol. The van der Waals surface area contributed by atoms with Gasteiger partial charge in [0.1, 0.15) is 10.6 Å². The van der Waals surface area contributed by atoms with E-state index in [1.54, 1.807) is 43.6 Å². The average Bonchev–Trinajstić information content (AvgIpc) is 3.32. The highest BCUT2D eigenvalue weighted by Gasteiger charge is 2.16. The molecule has 5 nitrogen and oxygen atoms in total. The number of ether oxygens (including phenoxy) is 1. The molecule has 1 aromatic carbocycles. The summed E-state index contributed by atoms with van der Waals surface area (Å²) in [5.41, 5.74) is 0.965. The number of halogens is 1. The Morgan fingerprint density at radius 3 is 2.62 bits per heavy atom. The highest BCUT2D eigenvalue weighted by Crippen LogP contribution is 2.29. The topological polar surface area (TPSA) is 59.8 Å². The second-order valence-electron chi connectivity index (χ2n) is 5.58. The summed E-state index contributed by atoms with van der Waals surface area (Å²) < 4.78 is 10.3. The van der Waals surface area contributed by atoms with E-state index in [0.29, 0.717) is 22.2 Å². The second-order valence-corrected chi connectivity index (χ2v) is 7.10. The predicted molar refractivity (Wildman–Crippen MR) is 100 cm³/mol. The third kappa shape index (κ3) is 4.53. The molecule has 0 radical (unpaired) electrons. The Morgan fingerprint density at radius 2 is 1.92 bits per heavy atom. The number of benzene rings is 1. The predicted octanol–water partition coefficient (Wildman–Crippen LogP) is 4.48. The molecule has 2 aromatic heterocycles. The molecule has 2 heterocycles. The van der Waals surface area contributed by atoms with Crippen molar-refractivity contribution in [3.05, 3.63) is 70.5 Å². The summed E-state index contributed by atoms with van der Waals surface area (Å²) in [5.74, 6) is -0.155. The molecule has 0 saturated heterocycles. The first-order valence-corrected chi connectivity index (χ1v) is 9.01. The summed E-state index contributed by atoms with van der Waals surface area (Å²) in [6, 6.07) is 14.4. The smallest absolute Gasteiger partial charge is 0.348 e. The van der Waals surface area contributed by atoms with Crippen LogP contribution in [0.3, 0.4) is 0 Å². The van der Waals surface area contributed by atoms with E-state index < -0.39 is 5.97 Å². The van der Waals surface area contributed by atoms with Crippen molar-refractivity contribution < 1.29 is 18.7 Å². The third-order valence-electron chi connectivity index (χ3n) is 3.66. The van der Waals surface area contributed by atoms with Crippen molar-refractivity contribution in [2.75, 3.05) is 13.7 Å². The van der Waals surface area contributed by atoms with Crippen LogP contribution >= 0.6 is 22.9 Å². The highest BCUT2D eigenvalue weighted by molar-refractivity contribution is 7.17. The number of furan rings is 1. The number of esters is 1. The molecule has 0 atom stereocenters. The molecular formula is C19H16ClNO4S. The van der Waals surface area contributed by atoms with E-state index in [0.717, 1.165) is 10.4 Å². The Morgan fingerprint density at radius 1 is 1.15 bits per heavy atom. The van der Waals surface area contributed by atoms with Gasteiger partial charge in [0.05, 0.1) is 12.8 Å². The molecule has 1 amide bonds. The van der Waals surface area contributed by atoms with Crippen molar-refractivity contribution in [1.82, 2.24) is 4.90 Å². The molecule has 0 aliphatic rings. The van der Waals surface area contributed by atoms with Gasteiger partial charge in [-0.15, -0.1) is 11.3 Å². The summed E-state index contributed by atoms with van der Waals surface area (Å²) in [4.78, 5) is 27.0. The van der Waals surface area contributed by atoms with Crippen molar-refractivity contribution >= 4 is 34.8 Å². The van der Waals surface area contributed by atoms with Gasteiger partial charge in [0.25, 0.3) is 5.91 Å². The zero-order valence-corrected chi connectivity index (χ0v) is 15.5. The lowest BCUT2D eigenvalue weighted by molar-refractivity contribution is -0.133. The summed E-state index contributed by atoms with van der Waals surface area (Å²) >= 11 is 7.19. The summed E-state index contributed by atoms with van der Waals surface area (Å²) in [6.07, 6.45) is 1.54. The minimum Gasteiger partial charge on any atom is -0.467 e. The van der Waals surface area contributed by atoms with E-state index >= 15 is 0 Å². The number of hydrogen-bond donors (Lipinski definition) is 0. The molecule has 0 unspecified atom stereocenters. The first kappa shape index (κ1) is 18.2. The van der Waals surface area contributed by atoms with E-state index in [1.807, 2.05) is 18.2 Å². The zero-order chi connectivity index (χ0) is 18.5. The Labute approximate surface area is 159 Å². The van der Waals surface area contributed by atoms with E-state index in [9.17, 15) is 9.59 Å². The van der Waals surface area contributed by atoms with Gasteiger partial charge in [0.15, 0.2) is 6.61 Å². The van der Waals surface area contributed by atoms with E-state index in [4.69, 9.17) is 20.8 Å². The lowest BCUT2D eigenvalue weighted by Crippen LogP contribution is -2.30. The minimum atomic E-state index is -0.519. The van der Waals surface area contributed by atoms with Gasteiger partial charge in [0.2, 0.25) is 0 Å². The number of thiophene rings is 1. The maximum absolute atomic E-state index is 12.2. The van der Waals surface area contributed by atoms with Crippen molar-refractivity contribution in [3.8, 4) is 10.4 Å². The molecular weight excluding hydrogens is 374 g/mol. The number of likely N-dealkylation sites (N-methyl/N-ethyl adjacent to an activating group) is 1. The summed E-state index contributed by atoms with van der Waals surface area (Å²) in [7, 11) is 1.63. The quantitative estimate of drug-likeness (QED) is 0.583. The monoisotopic (exact) mass is 389 g/mol. The van der Waals surface area contributed by atoms with Crippen LogP contribution in [0, 0.1) is 0 Å². The van der Waals surface area contributed by atoms with Crippen molar-refractivity contribution in [2.45, 2.75) is 6.54 Å². The normalized spacial score (nSPS) is 10.5. The Hall–Kier alpha value is -2.57. The molecule has 3 rings (SSSR count). The summed E-state index contributed by atoms with van der Waals surface area (Å²) in [6.45, 7) is 0.00726. The van der Waals surface area contributed by atoms with Crippen molar-refractivity contribution in [3.63, 3.8) is 0 Å². The molecule has 3 aromatic rings. The fourth-order valence-corrected chi connectivity index (χ4v) is 3.28. The Balaban J connectivity index is 1.55. The van der Waals surface area contributed by atoms with Crippen LogP contribution in [0.15, 0.2) is 59.2 Å². The maximum atomic E-state index is 12.2. The van der Waals surface area contributed by atoms with Gasteiger partial charge in [-0.05, 0) is 42.0 Å². The van der Waals surface area contributed by atoms with Crippen LogP contribution in [0.5, 0.6) is 0 Å². The lowest BCUT2D eigenvalue weighted by Gasteiger charge is -2.15. The van der Waals surface area contributed by atoms with E-state index in [-0.39, 0.29) is 12.5 Å². The molecule has 134 valence electrons. The van der Waals surface area contributed by atoms with Crippen molar-refractivity contribution in [1.29, 1.82) is 0 Å². The van der Waals surface area contributed by atoms with Gasteiger partial charge in [0, 0.05) is 16.9 Å². The molecule has 0 aliphatic carbocycles. The molecule has 0 N–H and O–H groups in total. The minimum absolute atomic E-state index is 0.302. The third-order valence-corrected chi connectivity index (χ3v) is 5.03. The maximum Gasteiger partial charge on any atom is 0.348 e. The molecule has 7 heteroatoms. The number of carbonyl (C=O) groups excluding carboxylic acids is 2. The van der Waals surface area contributed by atoms with Crippen LogP contribution in [0.25, 0.3) is 10.4 Å². The SMILES string of the molecule is CN(Cc1ccco1)C(=O)COC(=O)c1ccc(-c2ccc(Cl)cc2)s1. The molecule has 0 aliphatic heterocycles. The second kappa shape index (κ2) is 8.21. The first-order chi connectivity index (χ1) is 12.5. The van der Waals surface area contributed by atoms with Gasteiger partial charge >= 0.3 is 5.97 Å². The Kier molecular flexibility index (Phi) is 5.75. The number of rotatable bonds is 6. The van der Waals surface area contributed by atoms with Crippen LogP contribution in [-0.4, -0.2) is 30.4 Å². The molecule has 26 heavy (non-hydrogen) atoms. The number of carbonyl (C=O) groups is 2. The van der Waals surface area contributed by atoms with Gasteiger partial charge in [-0.25, -0.2) is 4.79 Å². The fraction of sp³-hybridized carbons (Fsp3) is 0.158. The first-order valence-electron chi connectivity index (χ1n) is 7.82. The van der Waals surface area contributed by atoms with Crippen LogP contribution < -0.4 is 0 Å². The largest absolute Gasteiger partial charge is 0.467 e. The summed E-state index contributed by atoms with van der Waals surface area (Å²) in [5, 5.41) is 0.655. The van der Waals surface area contributed by atoms with E-state index in [2.05, 4.69) is 0 Å². The van der Waals surface area contributed by atoms with Gasteiger partial charge < -0.3 is 14.1 Å². The number of amides is 1. The van der Waals surface area contributed by atoms with Crippen molar-refractivity contribution in [2.24, 2.45) is 0 Å². The number of nitrogens with zero attached hydrogens (tertiary/aromatic N) is 1. The molecule has 0 spiro atoms. The highest BCUT2D eigenvalue weighted by atomic mass is 35.5. The van der Waals surface area contributed by atoms with Crippen LogP contribution in [0.4, 0.5) is 0 Å². The fourth-order valence-electron chi connectivity index (χ4n) is 2.25. The van der Waals surface area contributed by atoms with E-state index in [1.165, 1.54) is 16.2 Å². The molecule has 0 bridgehead atoms. The lowest BCUT2D eigenvalue weighted by atomic mass is 10.2.